The normalized spacial score (nSPS) is 11.3. The quantitative estimate of drug-likeness (QED) is 0.717. The molecule has 1 rings (SSSR count). The van der Waals surface area contributed by atoms with Gasteiger partial charge < -0.3 is 9.73 Å². The monoisotopic (exact) mass is 238 g/mol. The van der Waals surface area contributed by atoms with Crippen LogP contribution in [-0.2, 0) is 13.1 Å². The lowest BCUT2D eigenvalue weighted by Gasteiger charge is -2.19. The van der Waals surface area contributed by atoms with Gasteiger partial charge in [0.2, 0.25) is 0 Å². The molecule has 0 radical (unpaired) electrons. The Balaban J connectivity index is 2.50. The van der Waals surface area contributed by atoms with Crippen LogP contribution in [-0.4, -0.2) is 24.5 Å². The first-order valence-electron chi connectivity index (χ1n) is 6.80. The Morgan fingerprint density at radius 2 is 2.12 bits per heavy atom. The zero-order chi connectivity index (χ0) is 12.5. The minimum Gasteiger partial charge on any atom is -0.468 e. The highest BCUT2D eigenvalue weighted by Crippen LogP contribution is 2.13. The van der Waals surface area contributed by atoms with E-state index in [0.29, 0.717) is 0 Å². The average Bonchev–Trinajstić information content (AvgIpc) is 2.79. The first kappa shape index (κ1) is 14.3. The van der Waals surface area contributed by atoms with Gasteiger partial charge in [0.15, 0.2) is 0 Å². The van der Waals surface area contributed by atoms with Crippen LogP contribution in [0.4, 0.5) is 0 Å². The molecule has 0 aliphatic carbocycles. The van der Waals surface area contributed by atoms with Crippen LogP contribution in [0.15, 0.2) is 16.7 Å². The Hall–Kier alpha value is -0.800. The SMILES string of the molecule is CCCCN(CC)Cc1ccoc1CNCC. The average molecular weight is 238 g/mol. The summed E-state index contributed by atoms with van der Waals surface area (Å²) in [6, 6.07) is 2.10. The van der Waals surface area contributed by atoms with Crippen molar-refractivity contribution in [3.8, 4) is 0 Å². The van der Waals surface area contributed by atoms with Crippen molar-refractivity contribution in [1.29, 1.82) is 0 Å². The number of nitrogens with one attached hydrogen (secondary N) is 1. The van der Waals surface area contributed by atoms with Crippen LogP contribution in [0.1, 0.15) is 44.9 Å². The molecular formula is C14H26N2O. The molecule has 0 aliphatic rings. The van der Waals surface area contributed by atoms with E-state index >= 15 is 0 Å². The second-order valence-electron chi connectivity index (χ2n) is 4.37. The minimum absolute atomic E-state index is 0.837. The van der Waals surface area contributed by atoms with Gasteiger partial charge in [-0.2, -0.15) is 0 Å². The lowest BCUT2D eigenvalue weighted by Crippen LogP contribution is -2.24. The van der Waals surface area contributed by atoms with Gasteiger partial charge >= 0.3 is 0 Å². The molecule has 98 valence electrons. The molecule has 0 bridgehead atoms. The van der Waals surface area contributed by atoms with Gasteiger partial charge in [-0.05, 0) is 32.1 Å². The minimum atomic E-state index is 0.837. The fourth-order valence-electron chi connectivity index (χ4n) is 1.87. The van der Waals surface area contributed by atoms with Gasteiger partial charge in [0.25, 0.3) is 0 Å². The van der Waals surface area contributed by atoms with Gasteiger partial charge in [0.1, 0.15) is 5.76 Å². The molecule has 0 aromatic carbocycles. The summed E-state index contributed by atoms with van der Waals surface area (Å²) in [5.41, 5.74) is 1.32. The van der Waals surface area contributed by atoms with Gasteiger partial charge in [0.05, 0.1) is 12.8 Å². The largest absolute Gasteiger partial charge is 0.468 e. The smallest absolute Gasteiger partial charge is 0.122 e. The molecule has 0 saturated heterocycles. The fraction of sp³-hybridized carbons (Fsp3) is 0.714. The summed E-state index contributed by atoms with van der Waals surface area (Å²) in [7, 11) is 0. The molecule has 0 fully saturated rings. The van der Waals surface area contributed by atoms with Gasteiger partial charge in [-0.3, -0.25) is 4.90 Å². The van der Waals surface area contributed by atoms with E-state index in [-0.39, 0.29) is 0 Å². The van der Waals surface area contributed by atoms with Crippen LogP contribution in [0.25, 0.3) is 0 Å². The third-order valence-corrected chi connectivity index (χ3v) is 3.04. The Kier molecular flexibility index (Phi) is 6.97. The first-order valence-corrected chi connectivity index (χ1v) is 6.80. The second-order valence-corrected chi connectivity index (χ2v) is 4.37. The van der Waals surface area contributed by atoms with Crippen LogP contribution >= 0.6 is 0 Å². The van der Waals surface area contributed by atoms with E-state index < -0.39 is 0 Å². The van der Waals surface area contributed by atoms with Crippen LogP contribution in [0.3, 0.4) is 0 Å². The number of rotatable bonds is 9. The van der Waals surface area contributed by atoms with Crippen molar-refractivity contribution in [2.24, 2.45) is 0 Å². The van der Waals surface area contributed by atoms with Crippen molar-refractivity contribution < 1.29 is 4.42 Å². The lowest BCUT2D eigenvalue weighted by molar-refractivity contribution is 0.272. The Morgan fingerprint density at radius 3 is 2.76 bits per heavy atom. The highest BCUT2D eigenvalue weighted by Gasteiger charge is 2.09. The van der Waals surface area contributed by atoms with Crippen molar-refractivity contribution >= 4 is 0 Å². The van der Waals surface area contributed by atoms with Crippen molar-refractivity contribution in [3.05, 3.63) is 23.7 Å². The van der Waals surface area contributed by atoms with E-state index in [4.69, 9.17) is 4.42 Å². The topological polar surface area (TPSA) is 28.4 Å². The Bertz CT molecular complexity index is 296. The highest BCUT2D eigenvalue weighted by molar-refractivity contribution is 5.16. The number of hydrogen-bond donors (Lipinski definition) is 1. The highest BCUT2D eigenvalue weighted by atomic mass is 16.3. The summed E-state index contributed by atoms with van der Waals surface area (Å²) in [5, 5.41) is 3.31. The standard InChI is InChI=1S/C14H26N2O/c1-4-7-9-16(6-3)12-13-8-10-17-14(13)11-15-5-2/h8,10,15H,4-7,9,11-12H2,1-3H3. The molecule has 1 N–H and O–H groups in total. The summed E-state index contributed by atoms with van der Waals surface area (Å²) >= 11 is 0. The Labute approximate surface area is 105 Å². The van der Waals surface area contributed by atoms with Gasteiger partial charge in [-0.25, -0.2) is 0 Å². The van der Waals surface area contributed by atoms with Gasteiger partial charge in [-0.15, -0.1) is 0 Å². The molecule has 0 aliphatic heterocycles. The first-order chi connectivity index (χ1) is 8.31. The molecule has 0 atom stereocenters. The van der Waals surface area contributed by atoms with Gasteiger partial charge in [0, 0.05) is 12.1 Å². The number of hydrogen-bond acceptors (Lipinski definition) is 3. The third-order valence-electron chi connectivity index (χ3n) is 3.04. The summed E-state index contributed by atoms with van der Waals surface area (Å²) in [4.78, 5) is 2.48. The van der Waals surface area contributed by atoms with Crippen LogP contribution in [0, 0.1) is 0 Å². The number of nitrogens with zero attached hydrogens (tertiary/aromatic N) is 1. The predicted molar refractivity (Wildman–Crippen MR) is 71.9 cm³/mol. The van der Waals surface area contributed by atoms with Crippen LogP contribution in [0.5, 0.6) is 0 Å². The van der Waals surface area contributed by atoms with Crippen molar-refractivity contribution in [1.82, 2.24) is 10.2 Å². The molecule has 0 saturated carbocycles. The zero-order valence-corrected chi connectivity index (χ0v) is 11.5. The molecule has 3 nitrogen and oxygen atoms in total. The van der Waals surface area contributed by atoms with E-state index in [2.05, 4.69) is 37.1 Å². The summed E-state index contributed by atoms with van der Waals surface area (Å²) in [6.45, 7) is 11.7. The van der Waals surface area contributed by atoms with E-state index in [9.17, 15) is 0 Å². The second kappa shape index (κ2) is 8.31. The predicted octanol–water partition coefficient (Wildman–Crippen LogP) is 3.01. The van der Waals surface area contributed by atoms with Crippen molar-refractivity contribution in [2.75, 3.05) is 19.6 Å². The maximum Gasteiger partial charge on any atom is 0.122 e. The summed E-state index contributed by atoms with van der Waals surface area (Å²) in [5.74, 6) is 1.08. The number of unbranched alkanes of at least 4 members (excludes halogenated alkanes) is 1. The molecule has 17 heavy (non-hydrogen) atoms. The Morgan fingerprint density at radius 1 is 1.29 bits per heavy atom. The molecule has 0 amide bonds. The molecule has 0 spiro atoms. The summed E-state index contributed by atoms with van der Waals surface area (Å²) in [6.07, 6.45) is 4.33. The molecular weight excluding hydrogens is 212 g/mol. The van der Waals surface area contributed by atoms with Crippen LogP contribution in [0.2, 0.25) is 0 Å². The maximum atomic E-state index is 5.53. The van der Waals surface area contributed by atoms with E-state index in [0.717, 1.165) is 31.9 Å². The number of furan rings is 1. The molecule has 1 heterocycles. The van der Waals surface area contributed by atoms with Crippen LogP contribution < -0.4 is 5.32 Å². The van der Waals surface area contributed by atoms with E-state index in [1.807, 2.05) is 0 Å². The maximum absolute atomic E-state index is 5.53. The molecule has 1 aromatic rings. The van der Waals surface area contributed by atoms with E-state index in [1.165, 1.54) is 24.9 Å². The fourth-order valence-corrected chi connectivity index (χ4v) is 1.87. The third kappa shape index (κ3) is 4.92. The van der Waals surface area contributed by atoms with Gasteiger partial charge in [-0.1, -0.05) is 27.2 Å². The van der Waals surface area contributed by atoms with E-state index in [1.54, 1.807) is 6.26 Å². The lowest BCUT2D eigenvalue weighted by atomic mass is 10.2. The van der Waals surface area contributed by atoms with Crippen molar-refractivity contribution in [2.45, 2.75) is 46.7 Å². The molecule has 0 unspecified atom stereocenters. The molecule has 3 heteroatoms. The summed E-state index contributed by atoms with van der Waals surface area (Å²) < 4.78 is 5.53. The van der Waals surface area contributed by atoms with Crippen molar-refractivity contribution in [3.63, 3.8) is 0 Å². The zero-order valence-electron chi connectivity index (χ0n) is 11.5. The molecule has 1 aromatic heterocycles.